The van der Waals surface area contributed by atoms with E-state index in [-0.39, 0.29) is 6.42 Å². The molecule has 0 spiro atoms. The zero-order valence-electron chi connectivity index (χ0n) is 7.08. The maximum absolute atomic E-state index is 10.4. The van der Waals surface area contributed by atoms with E-state index >= 15 is 0 Å². The van der Waals surface area contributed by atoms with Crippen LogP contribution in [-0.4, -0.2) is 15.7 Å². The van der Waals surface area contributed by atoms with Crippen molar-refractivity contribution in [1.29, 1.82) is 0 Å². The number of aldehydes is 1. The van der Waals surface area contributed by atoms with Crippen molar-refractivity contribution in [2.24, 2.45) is 0 Å². The fraction of sp³-hybridized carbons (Fsp3) is 0.111. The van der Waals surface area contributed by atoms with Crippen LogP contribution >= 0.6 is 27.5 Å². The highest BCUT2D eigenvalue weighted by Gasteiger charge is 2.08. The van der Waals surface area contributed by atoms with Crippen molar-refractivity contribution < 1.29 is 4.79 Å². The average Bonchev–Trinajstić information content (AvgIpc) is 2.44. The lowest BCUT2D eigenvalue weighted by atomic mass is 10.4. The first-order valence-electron chi connectivity index (χ1n) is 3.98. The summed E-state index contributed by atoms with van der Waals surface area (Å²) in [6, 6.07) is 3.64. The average molecular weight is 274 g/mol. The van der Waals surface area contributed by atoms with Crippen LogP contribution in [0.25, 0.3) is 5.52 Å². The number of imidazole rings is 1. The second kappa shape index (κ2) is 3.71. The third-order valence-corrected chi connectivity index (χ3v) is 2.70. The smallest absolute Gasteiger partial charge is 0.132 e. The van der Waals surface area contributed by atoms with Gasteiger partial charge in [-0.3, -0.25) is 0 Å². The van der Waals surface area contributed by atoms with Gasteiger partial charge in [0, 0.05) is 6.20 Å². The molecule has 2 heterocycles. The molecule has 0 aromatic carbocycles. The quantitative estimate of drug-likeness (QED) is 0.788. The molecule has 0 bridgehead atoms. The summed E-state index contributed by atoms with van der Waals surface area (Å²) in [4.78, 5) is 14.6. The van der Waals surface area contributed by atoms with Crippen LogP contribution < -0.4 is 0 Å². The van der Waals surface area contributed by atoms with Gasteiger partial charge < -0.3 is 9.20 Å². The normalized spacial score (nSPS) is 10.7. The van der Waals surface area contributed by atoms with E-state index in [1.807, 2.05) is 6.07 Å². The molecule has 0 aliphatic heterocycles. The molecule has 0 aliphatic rings. The first-order chi connectivity index (χ1) is 6.72. The number of rotatable bonds is 2. The fourth-order valence-corrected chi connectivity index (χ4v) is 1.99. The number of halogens is 2. The van der Waals surface area contributed by atoms with Crippen LogP contribution in [0.2, 0.25) is 5.02 Å². The van der Waals surface area contributed by atoms with Gasteiger partial charge in [-0.2, -0.15) is 0 Å². The Labute approximate surface area is 93.8 Å². The Bertz CT molecular complexity index is 495. The third kappa shape index (κ3) is 1.55. The highest BCUT2D eigenvalue weighted by molar-refractivity contribution is 9.10. The molecule has 0 fully saturated rings. The van der Waals surface area contributed by atoms with Gasteiger partial charge in [0.25, 0.3) is 0 Å². The summed E-state index contributed by atoms with van der Waals surface area (Å²) in [7, 11) is 0. The number of nitrogens with zero attached hydrogens (tertiary/aromatic N) is 2. The summed E-state index contributed by atoms with van der Waals surface area (Å²) in [6.07, 6.45) is 2.85. The van der Waals surface area contributed by atoms with Gasteiger partial charge in [-0.1, -0.05) is 11.6 Å². The van der Waals surface area contributed by atoms with E-state index in [1.54, 1.807) is 16.7 Å². The standard InChI is InChI=1S/C9H6BrClN2O/c10-9-7-2-1-6(11)5-13(7)8(12-9)3-4-14/h1-2,4-5H,3H2. The predicted molar refractivity (Wildman–Crippen MR) is 57.7 cm³/mol. The van der Waals surface area contributed by atoms with Crippen molar-refractivity contribution in [3.63, 3.8) is 0 Å². The number of carbonyl (C=O) groups is 1. The molecule has 0 saturated carbocycles. The van der Waals surface area contributed by atoms with Crippen molar-refractivity contribution in [3.05, 3.63) is 33.8 Å². The van der Waals surface area contributed by atoms with Gasteiger partial charge in [0.05, 0.1) is 17.0 Å². The van der Waals surface area contributed by atoms with Crippen molar-refractivity contribution >= 4 is 39.3 Å². The van der Waals surface area contributed by atoms with Gasteiger partial charge in [0.15, 0.2) is 0 Å². The molecule has 0 saturated heterocycles. The molecule has 0 atom stereocenters. The van der Waals surface area contributed by atoms with Gasteiger partial charge in [0.1, 0.15) is 16.7 Å². The second-order valence-corrected chi connectivity index (χ2v) is 3.98. The molecule has 0 aliphatic carbocycles. The molecule has 14 heavy (non-hydrogen) atoms. The minimum atomic E-state index is 0.285. The molecule has 0 unspecified atom stereocenters. The fourth-order valence-electron chi connectivity index (χ4n) is 1.30. The molecule has 72 valence electrons. The first kappa shape index (κ1) is 9.68. The van der Waals surface area contributed by atoms with Crippen LogP contribution in [0, 0.1) is 0 Å². The van der Waals surface area contributed by atoms with E-state index in [1.165, 1.54) is 0 Å². The molecule has 2 aromatic rings. The Morgan fingerprint density at radius 1 is 1.57 bits per heavy atom. The van der Waals surface area contributed by atoms with Gasteiger partial charge in [-0.25, -0.2) is 4.98 Å². The Kier molecular flexibility index (Phi) is 2.56. The van der Waals surface area contributed by atoms with Crippen molar-refractivity contribution in [2.45, 2.75) is 6.42 Å². The summed E-state index contributed by atoms with van der Waals surface area (Å²) >= 11 is 9.17. The van der Waals surface area contributed by atoms with Crippen LogP contribution in [0.1, 0.15) is 5.82 Å². The number of pyridine rings is 1. The van der Waals surface area contributed by atoms with Crippen LogP contribution in [0.5, 0.6) is 0 Å². The summed E-state index contributed by atoms with van der Waals surface area (Å²) in [5, 5.41) is 0.620. The van der Waals surface area contributed by atoms with E-state index in [2.05, 4.69) is 20.9 Å². The van der Waals surface area contributed by atoms with Crippen LogP contribution in [0.4, 0.5) is 0 Å². The summed E-state index contributed by atoms with van der Waals surface area (Å²) in [6.45, 7) is 0. The third-order valence-electron chi connectivity index (χ3n) is 1.89. The van der Waals surface area contributed by atoms with E-state index in [9.17, 15) is 4.79 Å². The Morgan fingerprint density at radius 3 is 3.07 bits per heavy atom. The lowest BCUT2D eigenvalue weighted by Crippen LogP contribution is -1.94. The lowest BCUT2D eigenvalue weighted by Gasteiger charge is -1.97. The summed E-state index contributed by atoms with van der Waals surface area (Å²) in [5.41, 5.74) is 0.909. The predicted octanol–water partition coefficient (Wildman–Crippen LogP) is 2.49. The number of hydrogen-bond donors (Lipinski definition) is 0. The minimum absolute atomic E-state index is 0.285. The number of hydrogen-bond acceptors (Lipinski definition) is 2. The van der Waals surface area contributed by atoms with Crippen LogP contribution in [0.3, 0.4) is 0 Å². The maximum Gasteiger partial charge on any atom is 0.132 e. The first-order valence-corrected chi connectivity index (χ1v) is 5.15. The molecule has 2 aromatic heterocycles. The number of carbonyl (C=O) groups excluding carboxylic acids is 1. The Hall–Kier alpha value is -0.870. The monoisotopic (exact) mass is 272 g/mol. The zero-order valence-corrected chi connectivity index (χ0v) is 9.42. The number of aromatic nitrogens is 2. The van der Waals surface area contributed by atoms with Gasteiger partial charge in [-0.15, -0.1) is 0 Å². The van der Waals surface area contributed by atoms with Gasteiger partial charge >= 0.3 is 0 Å². The molecular weight excluding hydrogens is 267 g/mol. The summed E-state index contributed by atoms with van der Waals surface area (Å²) in [5.74, 6) is 0.685. The lowest BCUT2D eigenvalue weighted by molar-refractivity contribution is -0.107. The molecule has 0 N–H and O–H groups in total. The van der Waals surface area contributed by atoms with Crippen molar-refractivity contribution in [1.82, 2.24) is 9.38 Å². The van der Waals surface area contributed by atoms with Crippen LogP contribution in [0.15, 0.2) is 22.9 Å². The topological polar surface area (TPSA) is 34.4 Å². The highest BCUT2D eigenvalue weighted by Crippen LogP contribution is 2.21. The number of fused-ring (bicyclic) bond motifs is 1. The minimum Gasteiger partial charge on any atom is -0.303 e. The maximum atomic E-state index is 10.4. The van der Waals surface area contributed by atoms with Crippen LogP contribution in [-0.2, 0) is 11.2 Å². The molecule has 0 amide bonds. The zero-order chi connectivity index (χ0) is 10.1. The van der Waals surface area contributed by atoms with Gasteiger partial charge in [0.2, 0.25) is 0 Å². The van der Waals surface area contributed by atoms with Gasteiger partial charge in [-0.05, 0) is 28.1 Å². The van der Waals surface area contributed by atoms with Crippen molar-refractivity contribution in [3.8, 4) is 0 Å². The molecule has 0 radical (unpaired) electrons. The second-order valence-electron chi connectivity index (χ2n) is 2.79. The van der Waals surface area contributed by atoms with E-state index < -0.39 is 0 Å². The Balaban J connectivity index is 2.72. The highest BCUT2D eigenvalue weighted by atomic mass is 79.9. The van der Waals surface area contributed by atoms with E-state index in [0.29, 0.717) is 10.8 Å². The van der Waals surface area contributed by atoms with E-state index in [4.69, 9.17) is 11.6 Å². The molecular formula is C9H6BrClN2O. The Morgan fingerprint density at radius 2 is 2.36 bits per heavy atom. The largest absolute Gasteiger partial charge is 0.303 e. The van der Waals surface area contributed by atoms with Crippen molar-refractivity contribution in [2.75, 3.05) is 0 Å². The molecule has 2 rings (SSSR count). The SMILES string of the molecule is O=CCc1nc(Br)c2ccc(Cl)cn12. The van der Waals surface area contributed by atoms with E-state index in [0.717, 1.165) is 16.4 Å². The molecule has 5 heteroatoms. The molecule has 3 nitrogen and oxygen atoms in total. The summed E-state index contributed by atoms with van der Waals surface area (Å²) < 4.78 is 2.53.